The molecule has 1 fully saturated rings. The van der Waals surface area contributed by atoms with E-state index >= 15 is 0 Å². The number of aryl methyl sites for hydroxylation is 1. The number of hydrogen-bond donors (Lipinski definition) is 3. The van der Waals surface area contributed by atoms with Crippen LogP contribution in [0.5, 0.6) is 0 Å². The van der Waals surface area contributed by atoms with Crippen LogP contribution < -0.4 is 10.9 Å². The van der Waals surface area contributed by atoms with E-state index in [0.29, 0.717) is 5.56 Å². The Kier molecular flexibility index (Phi) is 6.21. The Bertz CT molecular complexity index is 1630. The number of benzene rings is 1. The molecular weight excluding hydrogens is 478 g/mol. The van der Waals surface area contributed by atoms with Gasteiger partial charge >= 0.3 is 6.03 Å². The van der Waals surface area contributed by atoms with Crippen molar-refractivity contribution in [1.82, 2.24) is 34.9 Å². The highest BCUT2D eigenvalue weighted by Gasteiger charge is 2.21. The molecule has 2 aliphatic rings. The summed E-state index contributed by atoms with van der Waals surface area (Å²) < 4.78 is 1.78. The maximum atomic E-state index is 13.0. The number of allylic oxidation sites excluding steroid dienone is 1. The number of nitrogens with zero attached hydrogens (tertiary/aromatic N) is 4. The molecule has 0 atom stereocenters. The van der Waals surface area contributed by atoms with Gasteiger partial charge in [0.1, 0.15) is 0 Å². The third-order valence-electron chi connectivity index (χ3n) is 7.38. The Morgan fingerprint density at radius 1 is 1.08 bits per heavy atom. The third-order valence-corrected chi connectivity index (χ3v) is 7.38. The summed E-state index contributed by atoms with van der Waals surface area (Å²) in [5.41, 5.74) is 7.64. The molecular formula is C29H31N7O2. The zero-order chi connectivity index (χ0) is 26.2. The van der Waals surface area contributed by atoms with Crippen LogP contribution in [0.2, 0.25) is 0 Å². The van der Waals surface area contributed by atoms with Crippen molar-refractivity contribution in [3.63, 3.8) is 0 Å². The van der Waals surface area contributed by atoms with E-state index in [9.17, 15) is 9.59 Å². The largest absolute Gasteiger partial charge is 0.357 e. The van der Waals surface area contributed by atoms with E-state index in [-0.39, 0.29) is 11.6 Å². The van der Waals surface area contributed by atoms with Crippen molar-refractivity contribution < 1.29 is 4.79 Å². The Morgan fingerprint density at radius 3 is 2.68 bits per heavy atom. The molecule has 0 bridgehead atoms. The molecule has 2 amide bonds. The normalized spacial score (nSPS) is 15.8. The number of H-pyrrole nitrogens is 2. The summed E-state index contributed by atoms with van der Waals surface area (Å²) in [6.07, 6.45) is 11.2. The first-order valence-corrected chi connectivity index (χ1v) is 12.9. The number of hydrogen-bond acceptors (Lipinski definition) is 4. The molecule has 4 aromatic rings. The first-order valence-electron chi connectivity index (χ1n) is 12.9. The van der Waals surface area contributed by atoms with Crippen LogP contribution in [0.1, 0.15) is 11.3 Å². The van der Waals surface area contributed by atoms with Gasteiger partial charge in [-0.25, -0.2) is 4.79 Å². The van der Waals surface area contributed by atoms with Crippen molar-refractivity contribution >= 4 is 23.0 Å². The number of aromatic amines is 2. The number of fused-ring (bicyclic) bond motifs is 2. The number of urea groups is 1. The van der Waals surface area contributed by atoms with Gasteiger partial charge in [0.15, 0.2) is 0 Å². The fourth-order valence-electron chi connectivity index (χ4n) is 5.31. The smallest absolute Gasteiger partial charge is 0.317 e. The molecule has 9 nitrogen and oxygen atoms in total. The monoisotopic (exact) mass is 509 g/mol. The van der Waals surface area contributed by atoms with Crippen LogP contribution in [0.3, 0.4) is 0 Å². The van der Waals surface area contributed by atoms with Crippen molar-refractivity contribution in [3.05, 3.63) is 82.1 Å². The topological polar surface area (TPSA) is 102 Å². The SMILES string of the molecule is CNC(=O)N1CCN(CC2=Cc3cc(-c4cc5cc(-c6cnn(C)c6)ccc5[nH]c4=O)[nH]c3CC=C2)CC1. The van der Waals surface area contributed by atoms with Crippen LogP contribution in [-0.4, -0.2) is 75.4 Å². The van der Waals surface area contributed by atoms with Crippen LogP contribution in [0.4, 0.5) is 4.79 Å². The van der Waals surface area contributed by atoms with Gasteiger partial charge in [-0.2, -0.15) is 5.10 Å². The fraction of sp³-hybridized carbons (Fsp3) is 0.276. The second-order valence-corrected chi connectivity index (χ2v) is 9.98. The number of pyridine rings is 1. The molecule has 38 heavy (non-hydrogen) atoms. The van der Waals surface area contributed by atoms with Gasteiger partial charge in [-0.3, -0.25) is 14.4 Å². The highest BCUT2D eigenvalue weighted by atomic mass is 16.2. The molecule has 1 aromatic carbocycles. The standard InChI is InChI=1S/C29H31N7O2/c1-30-29(38)36-10-8-35(9-11-36)17-19-4-3-5-25-21(12-19)15-27(32-25)24-14-22-13-20(23-16-31-34(2)18-23)6-7-26(22)33-28(24)37/h3-4,6-7,12-16,18,32H,5,8-11,17H2,1-2H3,(H,30,38)(H,33,37). The zero-order valence-electron chi connectivity index (χ0n) is 21.6. The van der Waals surface area contributed by atoms with Gasteiger partial charge < -0.3 is 20.2 Å². The van der Waals surface area contributed by atoms with Crippen molar-refractivity contribution in [3.8, 4) is 22.4 Å². The summed E-state index contributed by atoms with van der Waals surface area (Å²) in [6, 6.07) is 10.1. The van der Waals surface area contributed by atoms with Crippen LogP contribution >= 0.6 is 0 Å². The van der Waals surface area contributed by atoms with Gasteiger partial charge in [-0.05, 0) is 52.4 Å². The highest BCUT2D eigenvalue weighted by molar-refractivity contribution is 5.87. The molecule has 0 radical (unpaired) electrons. The van der Waals surface area contributed by atoms with Crippen LogP contribution in [0.25, 0.3) is 39.4 Å². The number of rotatable bonds is 4. The molecule has 6 rings (SSSR count). The lowest BCUT2D eigenvalue weighted by Gasteiger charge is -2.34. The van der Waals surface area contributed by atoms with Crippen molar-refractivity contribution in [2.75, 3.05) is 39.8 Å². The van der Waals surface area contributed by atoms with Gasteiger partial charge in [-0.15, -0.1) is 0 Å². The quantitative estimate of drug-likeness (QED) is 0.393. The minimum atomic E-state index is -0.114. The summed E-state index contributed by atoms with van der Waals surface area (Å²) >= 11 is 0. The van der Waals surface area contributed by atoms with Crippen LogP contribution in [0.15, 0.2) is 65.2 Å². The van der Waals surface area contributed by atoms with Crippen molar-refractivity contribution in [1.29, 1.82) is 0 Å². The van der Waals surface area contributed by atoms with Gasteiger partial charge in [0, 0.05) is 76.2 Å². The Morgan fingerprint density at radius 2 is 1.92 bits per heavy atom. The molecule has 1 aliphatic heterocycles. The van der Waals surface area contributed by atoms with E-state index in [1.54, 1.807) is 11.7 Å². The molecule has 4 heterocycles. The third kappa shape index (κ3) is 4.68. The first kappa shape index (κ1) is 24.0. The Labute approximate surface area is 220 Å². The number of amides is 2. The molecule has 1 aliphatic carbocycles. The number of carbonyl (C=O) groups excluding carboxylic acids is 1. The summed E-state index contributed by atoms with van der Waals surface area (Å²) in [5.74, 6) is 0. The lowest BCUT2D eigenvalue weighted by Crippen LogP contribution is -2.51. The van der Waals surface area contributed by atoms with Crippen LogP contribution in [0, 0.1) is 0 Å². The molecule has 0 saturated carbocycles. The Balaban J connectivity index is 1.26. The lowest BCUT2D eigenvalue weighted by atomic mass is 10.0. The summed E-state index contributed by atoms with van der Waals surface area (Å²) in [5, 5.41) is 7.95. The molecule has 0 unspecified atom stereocenters. The number of nitrogens with one attached hydrogen (secondary N) is 3. The second kappa shape index (κ2) is 9.83. The van der Waals surface area contributed by atoms with Gasteiger partial charge in [0.2, 0.25) is 0 Å². The number of aromatic nitrogens is 4. The van der Waals surface area contributed by atoms with E-state index in [1.165, 1.54) is 5.57 Å². The van der Waals surface area contributed by atoms with E-state index in [0.717, 1.165) is 78.1 Å². The first-order chi connectivity index (χ1) is 18.5. The number of piperazine rings is 1. The van der Waals surface area contributed by atoms with Crippen molar-refractivity contribution in [2.45, 2.75) is 6.42 Å². The van der Waals surface area contributed by atoms with Gasteiger partial charge in [0.25, 0.3) is 5.56 Å². The second-order valence-electron chi connectivity index (χ2n) is 9.98. The van der Waals surface area contributed by atoms with Gasteiger partial charge in [-0.1, -0.05) is 18.2 Å². The average Bonchev–Trinajstić information content (AvgIpc) is 3.49. The molecule has 9 heteroatoms. The fourth-order valence-corrected chi connectivity index (χ4v) is 5.31. The predicted octanol–water partition coefficient (Wildman–Crippen LogP) is 3.38. The average molecular weight is 510 g/mol. The predicted molar refractivity (Wildman–Crippen MR) is 150 cm³/mol. The van der Waals surface area contributed by atoms with E-state index in [4.69, 9.17) is 0 Å². The summed E-state index contributed by atoms with van der Waals surface area (Å²) in [4.78, 5) is 35.7. The van der Waals surface area contributed by atoms with E-state index < -0.39 is 0 Å². The number of carbonyl (C=O) groups is 1. The minimum absolute atomic E-state index is 0.0142. The maximum Gasteiger partial charge on any atom is 0.317 e. The molecule has 3 N–H and O–H groups in total. The molecule has 0 spiro atoms. The zero-order valence-corrected chi connectivity index (χ0v) is 21.6. The van der Waals surface area contributed by atoms with Crippen molar-refractivity contribution in [2.24, 2.45) is 7.05 Å². The van der Waals surface area contributed by atoms with Crippen LogP contribution in [-0.2, 0) is 13.5 Å². The molecule has 194 valence electrons. The van der Waals surface area contributed by atoms with E-state index in [2.05, 4.69) is 55.6 Å². The highest BCUT2D eigenvalue weighted by Crippen LogP contribution is 2.28. The Hall–Kier alpha value is -4.37. The minimum Gasteiger partial charge on any atom is -0.357 e. The van der Waals surface area contributed by atoms with E-state index in [1.807, 2.05) is 42.5 Å². The van der Waals surface area contributed by atoms with Gasteiger partial charge in [0.05, 0.1) is 17.5 Å². The molecule has 1 saturated heterocycles. The summed E-state index contributed by atoms with van der Waals surface area (Å²) in [6.45, 7) is 3.97. The maximum absolute atomic E-state index is 13.0. The lowest BCUT2D eigenvalue weighted by molar-refractivity contribution is 0.147. The summed E-state index contributed by atoms with van der Waals surface area (Å²) in [7, 11) is 3.57. The molecule has 3 aromatic heterocycles.